The average Bonchev–Trinajstić information content (AvgIpc) is 3.01. The summed E-state index contributed by atoms with van der Waals surface area (Å²) in [5.74, 6) is -1.47. The second-order valence-corrected chi connectivity index (χ2v) is 11.9. The van der Waals surface area contributed by atoms with Crippen molar-refractivity contribution in [1.29, 1.82) is 0 Å². The van der Waals surface area contributed by atoms with Gasteiger partial charge in [0, 0.05) is 37.8 Å². The summed E-state index contributed by atoms with van der Waals surface area (Å²) in [6.07, 6.45) is -0.0867. The van der Waals surface area contributed by atoms with Crippen molar-refractivity contribution in [2.75, 3.05) is 19.6 Å². The van der Waals surface area contributed by atoms with E-state index < -0.39 is 39.7 Å². The summed E-state index contributed by atoms with van der Waals surface area (Å²) in [7, 11) is -3.66. The lowest BCUT2D eigenvalue weighted by atomic mass is 10.1. The summed E-state index contributed by atoms with van der Waals surface area (Å²) in [4.78, 5) is 12.8. The highest BCUT2D eigenvalue weighted by atomic mass is 32.2. The standard InChI is InChI=1S/C24H35N3O4S.C7H6F2.2C2H6/c1-5-13-27(6-2)32(30,31)22-12-8-11-21(15-22)24(29)26-19(4)23(28)17-25-16-20-10-7-9-18(3)14-20;1-5-2-6(8)4-7(9)3-5;2*1-2/h7-12,14-15,19,23,25,28H,5-6,13,16-17H2,1-4H3,(H,26,29);2-4H,1H3;2*1-2H3. The number of aryl methyl sites for hydroxylation is 2. The van der Waals surface area contributed by atoms with Gasteiger partial charge in [0.15, 0.2) is 0 Å². The highest BCUT2D eigenvalue weighted by Gasteiger charge is 2.24. The van der Waals surface area contributed by atoms with Crippen LogP contribution < -0.4 is 10.6 Å². The summed E-state index contributed by atoms with van der Waals surface area (Å²) in [5.41, 5.74) is 3.14. The summed E-state index contributed by atoms with van der Waals surface area (Å²) < 4.78 is 51.5. The number of nitrogens with one attached hydrogen (secondary N) is 2. The van der Waals surface area contributed by atoms with Crippen LogP contribution in [0.1, 0.15) is 81.9 Å². The van der Waals surface area contributed by atoms with Gasteiger partial charge in [0.1, 0.15) is 11.6 Å². The molecule has 252 valence electrons. The lowest BCUT2D eigenvalue weighted by Gasteiger charge is -2.22. The molecule has 3 aromatic carbocycles. The number of carbonyl (C=O) groups is 1. The number of hydrogen-bond donors (Lipinski definition) is 3. The highest BCUT2D eigenvalue weighted by molar-refractivity contribution is 7.89. The van der Waals surface area contributed by atoms with E-state index in [0.717, 1.165) is 11.6 Å². The van der Waals surface area contributed by atoms with Gasteiger partial charge in [0.25, 0.3) is 5.91 Å². The van der Waals surface area contributed by atoms with E-state index in [1.807, 2.05) is 59.7 Å². The molecule has 45 heavy (non-hydrogen) atoms. The number of nitrogens with zero attached hydrogens (tertiary/aromatic N) is 1. The SMILES string of the molecule is CC.CC.CCCN(CC)S(=O)(=O)c1cccc(C(=O)NC(C)C(O)CNCc2cccc(C)c2)c1.Cc1cc(F)cc(F)c1. The van der Waals surface area contributed by atoms with Crippen molar-refractivity contribution in [3.8, 4) is 0 Å². The van der Waals surface area contributed by atoms with Crippen LogP contribution in [0.25, 0.3) is 0 Å². The minimum absolute atomic E-state index is 0.0912. The predicted molar refractivity (Wildman–Crippen MR) is 181 cm³/mol. The van der Waals surface area contributed by atoms with Gasteiger partial charge < -0.3 is 15.7 Å². The molecule has 0 spiro atoms. The summed E-state index contributed by atoms with van der Waals surface area (Å²) in [6.45, 7) is 18.8. The molecule has 3 aromatic rings. The van der Waals surface area contributed by atoms with Gasteiger partial charge in [-0.1, -0.05) is 77.4 Å². The zero-order valence-electron chi connectivity index (χ0n) is 28.3. The van der Waals surface area contributed by atoms with Crippen molar-refractivity contribution in [1.82, 2.24) is 14.9 Å². The molecule has 10 heteroatoms. The Morgan fingerprint density at radius 2 is 1.49 bits per heavy atom. The highest BCUT2D eigenvalue weighted by Crippen LogP contribution is 2.18. The molecule has 3 rings (SSSR count). The monoisotopic (exact) mass is 649 g/mol. The Kier molecular flexibility index (Phi) is 20.8. The van der Waals surface area contributed by atoms with Gasteiger partial charge in [-0.15, -0.1) is 0 Å². The van der Waals surface area contributed by atoms with E-state index in [1.54, 1.807) is 32.9 Å². The van der Waals surface area contributed by atoms with Gasteiger partial charge in [-0.25, -0.2) is 17.2 Å². The van der Waals surface area contributed by atoms with Crippen LogP contribution in [0.4, 0.5) is 8.78 Å². The Morgan fingerprint density at radius 3 is 2.02 bits per heavy atom. The number of rotatable bonds is 12. The maximum absolute atomic E-state index is 12.9. The first kappa shape index (κ1) is 41.8. The molecule has 0 radical (unpaired) electrons. The Balaban J connectivity index is 0.00000125. The minimum atomic E-state index is -3.66. The molecule has 0 aromatic heterocycles. The Bertz CT molecular complexity index is 1340. The summed E-state index contributed by atoms with van der Waals surface area (Å²) in [6, 6.07) is 17.0. The van der Waals surface area contributed by atoms with Crippen LogP contribution in [-0.4, -0.2) is 55.5 Å². The van der Waals surface area contributed by atoms with Crippen LogP contribution in [0.15, 0.2) is 71.6 Å². The topological polar surface area (TPSA) is 98.7 Å². The van der Waals surface area contributed by atoms with Crippen molar-refractivity contribution in [2.45, 2.75) is 92.3 Å². The molecule has 3 N–H and O–H groups in total. The lowest BCUT2D eigenvalue weighted by molar-refractivity contribution is 0.0849. The van der Waals surface area contributed by atoms with E-state index in [4.69, 9.17) is 0 Å². The van der Waals surface area contributed by atoms with Crippen molar-refractivity contribution >= 4 is 15.9 Å². The minimum Gasteiger partial charge on any atom is -0.390 e. The third kappa shape index (κ3) is 15.1. The van der Waals surface area contributed by atoms with Crippen LogP contribution in [0.2, 0.25) is 0 Å². The Morgan fingerprint density at radius 1 is 0.889 bits per heavy atom. The number of amides is 1. The molecular formula is C35H53F2N3O4S. The maximum Gasteiger partial charge on any atom is 0.251 e. The van der Waals surface area contributed by atoms with Crippen molar-refractivity contribution in [3.63, 3.8) is 0 Å². The first-order valence-corrected chi connectivity index (χ1v) is 17.1. The number of hydrogen-bond acceptors (Lipinski definition) is 5. The van der Waals surface area contributed by atoms with Crippen LogP contribution >= 0.6 is 0 Å². The van der Waals surface area contributed by atoms with Gasteiger partial charge >= 0.3 is 0 Å². The number of aliphatic hydroxyl groups excluding tert-OH is 1. The zero-order chi connectivity index (χ0) is 34.6. The smallest absolute Gasteiger partial charge is 0.251 e. The molecular weight excluding hydrogens is 596 g/mol. The van der Waals surface area contributed by atoms with Gasteiger partial charge in [0.2, 0.25) is 10.0 Å². The molecule has 2 unspecified atom stereocenters. The fourth-order valence-electron chi connectivity index (χ4n) is 4.09. The first-order valence-electron chi connectivity index (χ1n) is 15.7. The summed E-state index contributed by atoms with van der Waals surface area (Å²) >= 11 is 0. The van der Waals surface area contributed by atoms with E-state index in [1.165, 1.54) is 34.1 Å². The number of aliphatic hydroxyl groups is 1. The van der Waals surface area contributed by atoms with E-state index in [9.17, 15) is 27.1 Å². The molecule has 0 aliphatic heterocycles. The number of carbonyl (C=O) groups excluding carboxylic acids is 1. The third-order valence-electron chi connectivity index (χ3n) is 6.27. The quantitative estimate of drug-likeness (QED) is 0.196. The van der Waals surface area contributed by atoms with E-state index in [0.29, 0.717) is 38.2 Å². The summed E-state index contributed by atoms with van der Waals surface area (Å²) in [5, 5.41) is 16.4. The van der Waals surface area contributed by atoms with Crippen molar-refractivity contribution < 1.29 is 27.1 Å². The van der Waals surface area contributed by atoms with E-state index in [-0.39, 0.29) is 10.5 Å². The lowest BCUT2D eigenvalue weighted by Crippen LogP contribution is -2.45. The van der Waals surface area contributed by atoms with Gasteiger partial charge in [-0.2, -0.15) is 4.31 Å². The molecule has 0 saturated carbocycles. The van der Waals surface area contributed by atoms with E-state index in [2.05, 4.69) is 16.7 Å². The van der Waals surface area contributed by atoms with Gasteiger partial charge in [0.05, 0.1) is 17.0 Å². The van der Waals surface area contributed by atoms with E-state index >= 15 is 0 Å². The van der Waals surface area contributed by atoms with Crippen LogP contribution in [0.3, 0.4) is 0 Å². The molecule has 0 saturated heterocycles. The molecule has 1 amide bonds. The van der Waals surface area contributed by atoms with Crippen molar-refractivity contribution in [3.05, 3.63) is 101 Å². The largest absolute Gasteiger partial charge is 0.390 e. The molecule has 0 fully saturated rings. The van der Waals surface area contributed by atoms with Crippen LogP contribution in [-0.2, 0) is 16.6 Å². The van der Waals surface area contributed by atoms with Gasteiger partial charge in [-0.3, -0.25) is 4.79 Å². The van der Waals surface area contributed by atoms with Crippen LogP contribution in [0, 0.1) is 25.5 Å². The van der Waals surface area contributed by atoms with Gasteiger partial charge in [-0.05, 0) is 68.7 Å². The molecule has 0 heterocycles. The first-order chi connectivity index (χ1) is 21.4. The van der Waals surface area contributed by atoms with Crippen molar-refractivity contribution in [2.24, 2.45) is 0 Å². The average molecular weight is 650 g/mol. The number of halogens is 2. The molecule has 7 nitrogen and oxygen atoms in total. The molecule has 0 aliphatic carbocycles. The second kappa shape index (κ2) is 22.3. The predicted octanol–water partition coefficient (Wildman–Crippen LogP) is 7.01. The molecule has 0 bridgehead atoms. The fraction of sp³-hybridized carbons (Fsp3) is 0.457. The Labute approximate surface area is 270 Å². The number of benzene rings is 3. The normalized spacial score (nSPS) is 11.9. The molecule has 2 atom stereocenters. The zero-order valence-corrected chi connectivity index (χ0v) is 29.1. The number of sulfonamides is 1. The van der Waals surface area contributed by atoms with Crippen LogP contribution in [0.5, 0.6) is 0 Å². The second-order valence-electron chi connectivity index (χ2n) is 9.92. The molecule has 0 aliphatic rings. The Hall–Kier alpha value is -3.18. The fourth-order valence-corrected chi connectivity index (χ4v) is 5.67. The maximum atomic E-state index is 12.9. The third-order valence-corrected chi connectivity index (χ3v) is 8.24.